The van der Waals surface area contributed by atoms with Crippen LogP contribution in [-0.2, 0) is 5.41 Å². The molecular formula is C25H29F4NO2. The first-order chi connectivity index (χ1) is 14.8. The number of aliphatic hydroxyl groups is 1. The number of alkyl halides is 3. The highest BCUT2D eigenvalue weighted by Crippen LogP contribution is 2.45. The second kappa shape index (κ2) is 8.77. The third kappa shape index (κ3) is 5.09. The molecule has 0 aliphatic carbocycles. The summed E-state index contributed by atoms with van der Waals surface area (Å²) in [6.07, 6.45) is -2.18. The molecule has 1 unspecified atom stereocenters. The first kappa shape index (κ1) is 24.1. The molecule has 3 rings (SSSR count). The van der Waals surface area contributed by atoms with Crippen LogP contribution in [0.4, 0.5) is 23.2 Å². The zero-order valence-electron chi connectivity index (χ0n) is 18.7. The van der Waals surface area contributed by atoms with Crippen LogP contribution < -0.4 is 9.64 Å². The normalized spacial score (nSPS) is 16.1. The first-order valence-electron chi connectivity index (χ1n) is 10.6. The maximum absolute atomic E-state index is 14.3. The van der Waals surface area contributed by atoms with Gasteiger partial charge in [0.15, 0.2) is 5.60 Å². The molecule has 0 spiro atoms. The minimum atomic E-state index is -4.90. The molecule has 0 amide bonds. The summed E-state index contributed by atoms with van der Waals surface area (Å²) in [5, 5.41) is 11.0. The van der Waals surface area contributed by atoms with E-state index < -0.39 is 36.0 Å². The Kier molecular flexibility index (Phi) is 6.61. The monoisotopic (exact) mass is 451 g/mol. The number of para-hydroxylation sites is 1. The minimum Gasteiger partial charge on any atom is -0.491 e. The number of nitrogens with zero attached hydrogens (tertiary/aromatic N) is 1. The van der Waals surface area contributed by atoms with E-state index in [1.54, 1.807) is 45.9 Å². The smallest absolute Gasteiger partial charge is 0.418 e. The highest BCUT2D eigenvalue weighted by molar-refractivity contribution is 5.71. The Morgan fingerprint density at radius 2 is 1.78 bits per heavy atom. The van der Waals surface area contributed by atoms with Gasteiger partial charge in [0.25, 0.3) is 0 Å². The number of benzene rings is 2. The largest absolute Gasteiger partial charge is 0.491 e. The van der Waals surface area contributed by atoms with Crippen LogP contribution >= 0.6 is 0 Å². The quantitative estimate of drug-likeness (QED) is 0.516. The SMILES string of the molecule is CC(C)Oc1ccc(F)cc1C(C)(C)CC(O)(CN1CC=Cc2ccccc21)C(F)(F)F. The van der Waals surface area contributed by atoms with Crippen molar-refractivity contribution in [2.75, 3.05) is 18.0 Å². The lowest BCUT2D eigenvalue weighted by molar-refractivity contribution is -0.262. The predicted molar refractivity (Wildman–Crippen MR) is 119 cm³/mol. The third-order valence-corrected chi connectivity index (χ3v) is 5.65. The van der Waals surface area contributed by atoms with E-state index in [9.17, 15) is 22.7 Å². The van der Waals surface area contributed by atoms with Gasteiger partial charge in [0.2, 0.25) is 0 Å². The van der Waals surface area contributed by atoms with Gasteiger partial charge in [0.05, 0.1) is 12.6 Å². The van der Waals surface area contributed by atoms with Gasteiger partial charge in [-0.05, 0) is 55.5 Å². The number of hydrogen-bond donors (Lipinski definition) is 1. The average Bonchev–Trinajstić information content (AvgIpc) is 2.68. The van der Waals surface area contributed by atoms with Gasteiger partial charge in [-0.2, -0.15) is 13.2 Å². The van der Waals surface area contributed by atoms with E-state index in [2.05, 4.69) is 0 Å². The molecule has 1 heterocycles. The van der Waals surface area contributed by atoms with E-state index in [-0.39, 0.29) is 18.2 Å². The van der Waals surface area contributed by atoms with E-state index in [0.717, 1.165) is 5.56 Å². The van der Waals surface area contributed by atoms with Crippen LogP contribution in [0.15, 0.2) is 48.5 Å². The van der Waals surface area contributed by atoms with Crippen molar-refractivity contribution in [1.82, 2.24) is 0 Å². The van der Waals surface area contributed by atoms with Gasteiger partial charge >= 0.3 is 6.18 Å². The number of β-amino-alcohol motifs (C(OH)–C–C–N with tert-alkyl or cyclic N) is 1. The Morgan fingerprint density at radius 3 is 2.44 bits per heavy atom. The fourth-order valence-corrected chi connectivity index (χ4v) is 4.25. The summed E-state index contributed by atoms with van der Waals surface area (Å²) in [6, 6.07) is 10.9. The molecule has 32 heavy (non-hydrogen) atoms. The molecule has 1 aliphatic heterocycles. The number of rotatable bonds is 7. The van der Waals surface area contributed by atoms with Crippen LogP contribution in [0.1, 0.15) is 45.2 Å². The highest BCUT2D eigenvalue weighted by atomic mass is 19.4. The van der Waals surface area contributed by atoms with Gasteiger partial charge in [-0.15, -0.1) is 0 Å². The van der Waals surface area contributed by atoms with Crippen LogP contribution in [0.2, 0.25) is 0 Å². The number of halogens is 4. The molecular weight excluding hydrogens is 422 g/mol. The van der Waals surface area contributed by atoms with Crippen molar-refractivity contribution in [2.45, 2.75) is 57.4 Å². The molecule has 7 heteroatoms. The number of anilines is 1. The van der Waals surface area contributed by atoms with Crippen LogP contribution in [0.25, 0.3) is 6.08 Å². The summed E-state index contributed by atoms with van der Waals surface area (Å²) >= 11 is 0. The van der Waals surface area contributed by atoms with Crippen LogP contribution in [0.3, 0.4) is 0 Å². The molecule has 0 saturated heterocycles. The lowest BCUT2D eigenvalue weighted by Crippen LogP contribution is -2.56. The Bertz CT molecular complexity index is 984. The van der Waals surface area contributed by atoms with Gasteiger partial charge in [-0.1, -0.05) is 44.2 Å². The summed E-state index contributed by atoms with van der Waals surface area (Å²) in [6.45, 7) is 6.31. The number of ether oxygens (including phenoxy) is 1. The van der Waals surface area contributed by atoms with Crippen molar-refractivity contribution >= 4 is 11.8 Å². The van der Waals surface area contributed by atoms with E-state index in [0.29, 0.717) is 11.4 Å². The summed E-state index contributed by atoms with van der Waals surface area (Å²) in [5.41, 5.74) is -2.56. The zero-order valence-corrected chi connectivity index (χ0v) is 18.7. The average molecular weight is 452 g/mol. The standard InChI is InChI=1S/C25H29F4NO2/c1-17(2)32-22-12-11-19(26)14-20(22)23(3,4)15-24(31,25(27,28)29)16-30-13-7-9-18-8-5-6-10-21(18)30/h5-12,14,17,31H,13,15-16H2,1-4H3. The van der Waals surface area contributed by atoms with Crippen molar-refractivity contribution in [2.24, 2.45) is 0 Å². The van der Waals surface area contributed by atoms with E-state index in [4.69, 9.17) is 4.74 Å². The third-order valence-electron chi connectivity index (χ3n) is 5.65. The second-order valence-corrected chi connectivity index (χ2v) is 9.24. The van der Waals surface area contributed by atoms with Crippen LogP contribution in [0.5, 0.6) is 5.75 Å². The molecule has 0 aromatic heterocycles. The molecule has 174 valence electrons. The topological polar surface area (TPSA) is 32.7 Å². The van der Waals surface area contributed by atoms with E-state index in [1.807, 2.05) is 18.2 Å². The summed E-state index contributed by atoms with van der Waals surface area (Å²) in [7, 11) is 0. The fourth-order valence-electron chi connectivity index (χ4n) is 4.25. The molecule has 0 fully saturated rings. The Labute approximate surface area is 186 Å². The van der Waals surface area contributed by atoms with Crippen molar-refractivity contribution in [1.29, 1.82) is 0 Å². The van der Waals surface area contributed by atoms with Gasteiger partial charge in [-0.25, -0.2) is 4.39 Å². The Hall–Kier alpha value is -2.54. The summed E-state index contributed by atoms with van der Waals surface area (Å²) in [5.74, 6) is -0.267. The molecule has 2 aromatic rings. The van der Waals surface area contributed by atoms with E-state index >= 15 is 0 Å². The van der Waals surface area contributed by atoms with Crippen molar-refractivity contribution in [3.8, 4) is 5.75 Å². The molecule has 1 aliphatic rings. The van der Waals surface area contributed by atoms with Gasteiger partial charge in [-0.3, -0.25) is 0 Å². The van der Waals surface area contributed by atoms with Crippen molar-refractivity contribution in [3.63, 3.8) is 0 Å². The Morgan fingerprint density at radius 1 is 1.09 bits per heavy atom. The van der Waals surface area contributed by atoms with Crippen LogP contribution in [0, 0.1) is 5.82 Å². The highest BCUT2D eigenvalue weighted by Gasteiger charge is 2.57. The minimum absolute atomic E-state index is 0.242. The fraction of sp³-hybridized carbons (Fsp3) is 0.440. The number of fused-ring (bicyclic) bond motifs is 1. The lowest BCUT2D eigenvalue weighted by Gasteiger charge is -2.42. The van der Waals surface area contributed by atoms with Gasteiger partial charge in [0, 0.05) is 17.8 Å². The maximum atomic E-state index is 14.3. The second-order valence-electron chi connectivity index (χ2n) is 9.24. The molecule has 1 N–H and O–H groups in total. The molecule has 0 saturated carbocycles. The van der Waals surface area contributed by atoms with Crippen LogP contribution in [-0.4, -0.2) is 36.1 Å². The molecule has 2 aromatic carbocycles. The van der Waals surface area contributed by atoms with Gasteiger partial charge < -0.3 is 14.7 Å². The molecule has 1 atom stereocenters. The lowest BCUT2D eigenvalue weighted by atomic mass is 9.74. The van der Waals surface area contributed by atoms with Crippen molar-refractivity contribution in [3.05, 3.63) is 65.5 Å². The number of hydrogen-bond acceptors (Lipinski definition) is 3. The van der Waals surface area contributed by atoms with Gasteiger partial charge in [0.1, 0.15) is 11.6 Å². The Balaban J connectivity index is 1.97. The van der Waals surface area contributed by atoms with Crippen molar-refractivity contribution < 1.29 is 27.4 Å². The molecule has 0 bridgehead atoms. The first-order valence-corrected chi connectivity index (χ1v) is 10.6. The van der Waals surface area contributed by atoms with E-state index in [1.165, 1.54) is 23.1 Å². The summed E-state index contributed by atoms with van der Waals surface area (Å²) < 4.78 is 62.6. The summed E-state index contributed by atoms with van der Waals surface area (Å²) in [4.78, 5) is 1.52. The molecule has 3 nitrogen and oxygen atoms in total. The predicted octanol–water partition coefficient (Wildman–Crippen LogP) is 6.11. The maximum Gasteiger partial charge on any atom is 0.418 e. The zero-order chi connectivity index (χ0) is 23.7. The molecule has 0 radical (unpaired) electrons.